The fourth-order valence-corrected chi connectivity index (χ4v) is 2.70. The Morgan fingerprint density at radius 1 is 1.06 bits per heavy atom. The maximum Gasteiger partial charge on any atom is 0.408 e. The van der Waals surface area contributed by atoms with Gasteiger partial charge >= 0.3 is 6.09 Å². The lowest BCUT2D eigenvalue weighted by atomic mass is 10.1. The summed E-state index contributed by atoms with van der Waals surface area (Å²) in [6.07, 6.45) is -0.475. The van der Waals surface area contributed by atoms with E-state index in [1.807, 2.05) is 6.07 Å². The first kappa shape index (κ1) is 25.5. The van der Waals surface area contributed by atoms with Gasteiger partial charge in [0.25, 0.3) is 11.6 Å². The van der Waals surface area contributed by atoms with Crippen molar-refractivity contribution < 1.29 is 24.3 Å². The molecule has 2 aromatic carbocycles. The molecule has 0 radical (unpaired) electrons. The molecule has 0 spiro atoms. The average Bonchev–Trinajstić information content (AvgIpc) is 2.80. The summed E-state index contributed by atoms with van der Waals surface area (Å²) in [7, 11) is 0. The molecule has 2 aromatic rings. The smallest absolute Gasteiger partial charge is 0.408 e. The number of guanidine groups is 1. The molecule has 180 valence electrons. The number of anilines is 1. The summed E-state index contributed by atoms with van der Waals surface area (Å²) in [5, 5.41) is 25.3. The molecule has 1 atom stereocenters. The first-order chi connectivity index (χ1) is 16.2. The fraction of sp³-hybridized carbons (Fsp3) is 0.250. The second-order valence-electron chi connectivity index (χ2n) is 6.83. The van der Waals surface area contributed by atoms with Crippen molar-refractivity contribution >= 4 is 29.3 Å². The number of ether oxygens (including phenoxy) is 1. The van der Waals surface area contributed by atoms with E-state index in [0.29, 0.717) is 0 Å². The number of amides is 2. The van der Waals surface area contributed by atoms with Crippen LogP contribution in [0.15, 0.2) is 59.6 Å². The molecule has 0 saturated heterocycles. The molecule has 2 amide bonds. The van der Waals surface area contributed by atoms with Gasteiger partial charge in [0, 0.05) is 24.4 Å². The zero-order valence-electron chi connectivity index (χ0n) is 17.9. The maximum atomic E-state index is 12.7. The van der Waals surface area contributed by atoms with E-state index in [0.717, 1.165) is 5.56 Å². The van der Waals surface area contributed by atoms with Gasteiger partial charge in [0.05, 0.1) is 4.92 Å². The van der Waals surface area contributed by atoms with Crippen molar-refractivity contribution in [2.24, 2.45) is 10.7 Å². The van der Waals surface area contributed by atoms with E-state index in [4.69, 9.17) is 10.5 Å². The summed E-state index contributed by atoms with van der Waals surface area (Å²) in [6, 6.07) is 13.1. The van der Waals surface area contributed by atoms with Crippen LogP contribution in [0.4, 0.5) is 16.2 Å². The van der Waals surface area contributed by atoms with E-state index >= 15 is 0 Å². The highest BCUT2D eigenvalue weighted by Crippen LogP contribution is 2.16. The maximum absolute atomic E-state index is 12.7. The van der Waals surface area contributed by atoms with Gasteiger partial charge in [-0.15, -0.1) is 0 Å². The van der Waals surface area contributed by atoms with E-state index in [9.17, 15) is 29.8 Å². The first-order valence-corrected chi connectivity index (χ1v) is 9.98. The lowest BCUT2D eigenvalue weighted by Crippen LogP contribution is -2.44. The molecule has 2 rings (SSSR count). The highest BCUT2D eigenvalue weighted by molar-refractivity contribution is 5.96. The standard InChI is InChI=1S/C20H23N7O7/c21-19(25-27(32)33)22-12-4-7-17(24-20(29)34-13-14-5-2-1-3-6-14)18(28)23-15-8-10-16(11-9-15)26(30)31/h1-3,5-6,8-11,17H,4,7,12-13H2,(H,23,28)(H,24,29)(H3,21,22,25). The first-order valence-electron chi connectivity index (χ1n) is 9.98. The Balaban J connectivity index is 1.99. The lowest BCUT2D eigenvalue weighted by Gasteiger charge is -2.18. The highest BCUT2D eigenvalue weighted by Gasteiger charge is 2.22. The number of carbonyl (C=O) groups is 2. The van der Waals surface area contributed by atoms with Gasteiger partial charge in [0.2, 0.25) is 5.91 Å². The Hall–Kier alpha value is -4.75. The van der Waals surface area contributed by atoms with Gasteiger partial charge in [-0.3, -0.25) is 14.9 Å². The zero-order valence-corrected chi connectivity index (χ0v) is 17.9. The second kappa shape index (κ2) is 12.9. The number of nitrogens with one attached hydrogen (secondary N) is 3. The molecule has 0 aliphatic rings. The van der Waals surface area contributed by atoms with E-state index in [2.05, 4.69) is 15.6 Å². The van der Waals surface area contributed by atoms with Crippen molar-refractivity contribution in [3.8, 4) is 0 Å². The van der Waals surface area contributed by atoms with Gasteiger partial charge in [-0.25, -0.2) is 19.9 Å². The van der Waals surface area contributed by atoms with Crippen molar-refractivity contribution in [3.63, 3.8) is 0 Å². The highest BCUT2D eigenvalue weighted by atomic mass is 16.7. The van der Waals surface area contributed by atoms with Crippen molar-refractivity contribution in [2.75, 3.05) is 11.9 Å². The third-order valence-corrected chi connectivity index (χ3v) is 4.31. The molecule has 14 heteroatoms. The normalized spacial score (nSPS) is 11.7. The monoisotopic (exact) mass is 473 g/mol. The average molecular weight is 473 g/mol. The van der Waals surface area contributed by atoms with Crippen LogP contribution in [0.25, 0.3) is 0 Å². The number of benzene rings is 2. The molecule has 14 nitrogen and oxygen atoms in total. The van der Waals surface area contributed by atoms with Crippen LogP contribution in [0.1, 0.15) is 18.4 Å². The predicted octanol–water partition coefficient (Wildman–Crippen LogP) is 1.70. The van der Waals surface area contributed by atoms with Crippen molar-refractivity contribution in [2.45, 2.75) is 25.5 Å². The Morgan fingerprint density at radius 2 is 1.74 bits per heavy atom. The van der Waals surface area contributed by atoms with E-state index in [-0.39, 0.29) is 37.4 Å². The van der Waals surface area contributed by atoms with Gasteiger partial charge < -0.3 is 21.1 Å². The number of hydrogen-bond donors (Lipinski definition) is 4. The predicted molar refractivity (Wildman–Crippen MR) is 121 cm³/mol. The van der Waals surface area contributed by atoms with Crippen LogP contribution >= 0.6 is 0 Å². The zero-order chi connectivity index (χ0) is 24.9. The van der Waals surface area contributed by atoms with Gasteiger partial charge in [0.1, 0.15) is 12.6 Å². The number of hydrazine groups is 1. The minimum absolute atomic E-state index is 0.00322. The number of nitro groups is 2. The molecule has 0 aliphatic heterocycles. The van der Waals surface area contributed by atoms with Crippen LogP contribution in [0.5, 0.6) is 0 Å². The van der Waals surface area contributed by atoms with Gasteiger partial charge in [0.15, 0.2) is 5.03 Å². The van der Waals surface area contributed by atoms with Gasteiger partial charge in [-0.2, -0.15) is 0 Å². The molecule has 0 heterocycles. The van der Waals surface area contributed by atoms with Crippen LogP contribution < -0.4 is 21.8 Å². The number of non-ortho nitro benzene ring substituents is 1. The van der Waals surface area contributed by atoms with Crippen molar-refractivity contribution in [1.82, 2.24) is 10.7 Å². The summed E-state index contributed by atoms with van der Waals surface area (Å²) in [5.74, 6) is -0.988. The number of carbonyl (C=O) groups excluding carboxylic acids is 2. The molecule has 1 unspecified atom stereocenters. The lowest BCUT2D eigenvalue weighted by molar-refractivity contribution is -0.525. The molecule has 5 N–H and O–H groups in total. The van der Waals surface area contributed by atoms with Crippen LogP contribution in [0.2, 0.25) is 0 Å². The molecule has 0 bridgehead atoms. The van der Waals surface area contributed by atoms with Crippen molar-refractivity contribution in [3.05, 3.63) is 80.4 Å². The number of hydrogen-bond acceptors (Lipinski definition) is 8. The third-order valence-electron chi connectivity index (χ3n) is 4.31. The topological polar surface area (TPSA) is 204 Å². The third kappa shape index (κ3) is 9.17. The fourth-order valence-electron chi connectivity index (χ4n) is 2.70. The Morgan fingerprint density at radius 3 is 2.35 bits per heavy atom. The number of rotatable bonds is 11. The molecule has 0 aromatic heterocycles. The Bertz CT molecular complexity index is 1030. The minimum atomic E-state index is -1.04. The largest absolute Gasteiger partial charge is 0.445 e. The summed E-state index contributed by atoms with van der Waals surface area (Å²) in [6.45, 7) is 0.0471. The number of aliphatic imine (C=N–C) groups is 1. The molecule has 0 saturated carbocycles. The molecular weight excluding hydrogens is 450 g/mol. The van der Waals surface area contributed by atoms with E-state index in [1.54, 1.807) is 29.7 Å². The van der Waals surface area contributed by atoms with E-state index in [1.165, 1.54) is 24.3 Å². The van der Waals surface area contributed by atoms with Crippen LogP contribution in [-0.4, -0.2) is 40.5 Å². The summed E-state index contributed by atoms with van der Waals surface area (Å²) in [4.78, 5) is 49.3. The summed E-state index contributed by atoms with van der Waals surface area (Å²) >= 11 is 0. The number of nitrogens with zero attached hydrogens (tertiary/aromatic N) is 3. The molecular formula is C20H23N7O7. The Kier molecular flexibility index (Phi) is 9.72. The van der Waals surface area contributed by atoms with Crippen molar-refractivity contribution in [1.29, 1.82) is 0 Å². The van der Waals surface area contributed by atoms with Crippen LogP contribution in [0, 0.1) is 20.2 Å². The number of alkyl carbamates (subject to hydrolysis) is 1. The SMILES string of the molecule is NC(=NCCCC(NC(=O)OCc1ccccc1)C(=O)Nc1ccc([N+](=O)[O-])cc1)N[N+](=O)[O-]. The van der Waals surface area contributed by atoms with E-state index < -0.39 is 34.0 Å². The number of nitro benzene ring substituents is 1. The number of nitrogens with two attached hydrogens (primary N) is 1. The summed E-state index contributed by atoms with van der Waals surface area (Å²) in [5.41, 5.74) is 7.94. The van der Waals surface area contributed by atoms with Crippen LogP contribution in [0.3, 0.4) is 0 Å². The minimum Gasteiger partial charge on any atom is -0.445 e. The molecule has 34 heavy (non-hydrogen) atoms. The molecule has 0 aliphatic carbocycles. The summed E-state index contributed by atoms with van der Waals surface area (Å²) < 4.78 is 5.15. The van der Waals surface area contributed by atoms with Gasteiger partial charge in [-0.05, 0) is 30.5 Å². The van der Waals surface area contributed by atoms with Gasteiger partial charge in [-0.1, -0.05) is 35.8 Å². The van der Waals surface area contributed by atoms with Crippen LogP contribution in [-0.2, 0) is 16.1 Å². The molecule has 0 fully saturated rings. The Labute approximate surface area is 193 Å². The quantitative estimate of drug-likeness (QED) is 0.123. The second-order valence-corrected chi connectivity index (χ2v) is 6.83.